The van der Waals surface area contributed by atoms with Gasteiger partial charge in [0.2, 0.25) is 35.4 Å². The van der Waals surface area contributed by atoms with Crippen molar-refractivity contribution in [3.05, 3.63) is 71.9 Å². The Morgan fingerprint density at radius 2 is 1.37 bits per heavy atom. The molecular weight excluding hydrogens is 809 g/mol. The van der Waals surface area contributed by atoms with Crippen LogP contribution in [0.2, 0.25) is 0 Å². The van der Waals surface area contributed by atoms with E-state index in [9.17, 15) is 58.8 Å². The maximum atomic E-state index is 14.0. The lowest BCUT2D eigenvalue weighted by molar-refractivity contribution is -0.143. The topological polar surface area (TPSA) is 323 Å². The Morgan fingerprint density at radius 1 is 0.774 bits per heavy atom. The van der Waals surface area contributed by atoms with E-state index in [0.29, 0.717) is 17.5 Å². The van der Waals surface area contributed by atoms with Gasteiger partial charge in [-0.1, -0.05) is 62.4 Å². The maximum Gasteiger partial charge on any atom is 0.326 e. The normalized spacial score (nSPS) is 17.1. The van der Waals surface area contributed by atoms with Gasteiger partial charge in [-0.15, -0.1) is 0 Å². The van der Waals surface area contributed by atoms with Gasteiger partial charge in [-0.25, -0.2) is 4.79 Å². The number of hydrogen-bond acceptors (Lipinski definition) is 11. The van der Waals surface area contributed by atoms with Crippen LogP contribution in [0.3, 0.4) is 0 Å². The van der Waals surface area contributed by atoms with E-state index >= 15 is 0 Å². The summed E-state index contributed by atoms with van der Waals surface area (Å²) in [6, 6.07) is 5.85. The summed E-state index contributed by atoms with van der Waals surface area (Å²) in [5.41, 5.74) is 7.65. The minimum Gasteiger partial charge on any atom is -0.481 e. The van der Waals surface area contributed by atoms with Crippen LogP contribution in [-0.4, -0.2) is 139 Å². The van der Waals surface area contributed by atoms with E-state index in [1.54, 1.807) is 74.6 Å². The zero-order valence-corrected chi connectivity index (χ0v) is 34.7. The number of carboxylic acid groups (broad SMARTS) is 2. The van der Waals surface area contributed by atoms with Gasteiger partial charge in [0.05, 0.1) is 12.7 Å². The molecule has 1 fully saturated rings. The van der Waals surface area contributed by atoms with Crippen LogP contribution in [0.4, 0.5) is 0 Å². The van der Waals surface area contributed by atoms with Gasteiger partial charge in [-0.3, -0.25) is 33.6 Å². The molecule has 8 atom stereocenters. The highest BCUT2D eigenvalue weighted by Gasteiger charge is 2.39. The quantitative estimate of drug-likeness (QED) is 0.0559. The first-order valence-corrected chi connectivity index (χ1v) is 20.3. The number of benzene rings is 2. The number of nitrogens with two attached hydrogens (primary N) is 1. The molecule has 2 heterocycles. The predicted molar refractivity (Wildman–Crippen MR) is 223 cm³/mol. The lowest BCUT2D eigenvalue weighted by Gasteiger charge is -2.29. The lowest BCUT2D eigenvalue weighted by atomic mass is 10.0. The summed E-state index contributed by atoms with van der Waals surface area (Å²) < 4.78 is 0. The highest BCUT2D eigenvalue weighted by atomic mass is 16.4. The molecule has 62 heavy (non-hydrogen) atoms. The van der Waals surface area contributed by atoms with Crippen LogP contribution in [0, 0.1) is 5.92 Å². The van der Waals surface area contributed by atoms with E-state index in [1.807, 2.05) is 0 Å². The first-order chi connectivity index (χ1) is 29.4. The molecular formula is C42H56N8O12. The number of aromatic amines is 1. The van der Waals surface area contributed by atoms with Gasteiger partial charge < -0.3 is 62.6 Å². The van der Waals surface area contributed by atoms with Crippen molar-refractivity contribution in [2.75, 3.05) is 13.2 Å². The van der Waals surface area contributed by atoms with Crippen LogP contribution < -0.4 is 32.3 Å². The fourth-order valence-corrected chi connectivity index (χ4v) is 7.15. The van der Waals surface area contributed by atoms with Crippen molar-refractivity contribution in [1.29, 1.82) is 0 Å². The number of carbonyl (C=O) groups is 8. The number of para-hydroxylation sites is 1. The monoisotopic (exact) mass is 864 g/mol. The summed E-state index contributed by atoms with van der Waals surface area (Å²) in [4.78, 5) is 110. The van der Waals surface area contributed by atoms with E-state index in [0.717, 1.165) is 10.9 Å². The Hall–Kier alpha value is -6.38. The van der Waals surface area contributed by atoms with Gasteiger partial charge in [0.15, 0.2) is 0 Å². The molecule has 3 aromatic rings. The fraction of sp³-hybridized carbons (Fsp3) is 0.476. The van der Waals surface area contributed by atoms with Crippen LogP contribution >= 0.6 is 0 Å². The number of aliphatic hydroxyl groups excluding tert-OH is 2. The number of aromatic nitrogens is 1. The van der Waals surface area contributed by atoms with Crippen molar-refractivity contribution < 1.29 is 58.8 Å². The molecule has 0 radical (unpaired) electrons. The van der Waals surface area contributed by atoms with E-state index in [-0.39, 0.29) is 25.8 Å². The second-order valence-corrected chi connectivity index (χ2v) is 15.6. The number of fused-ring (bicyclic) bond motifs is 1. The Balaban J connectivity index is 1.58. The highest BCUT2D eigenvalue weighted by Crippen LogP contribution is 2.21. The third-order valence-corrected chi connectivity index (χ3v) is 10.6. The highest BCUT2D eigenvalue weighted by molar-refractivity contribution is 5.98. The zero-order valence-electron chi connectivity index (χ0n) is 34.7. The van der Waals surface area contributed by atoms with Crippen molar-refractivity contribution >= 4 is 58.3 Å². The maximum absolute atomic E-state index is 14.0. The summed E-state index contributed by atoms with van der Waals surface area (Å²) in [6.45, 7) is 3.90. The number of nitrogens with one attached hydrogen (secondary N) is 6. The lowest BCUT2D eigenvalue weighted by Crippen LogP contribution is -2.62. The number of aliphatic hydroxyl groups is 2. The van der Waals surface area contributed by atoms with E-state index in [1.165, 1.54) is 11.8 Å². The third-order valence-electron chi connectivity index (χ3n) is 10.6. The molecule has 336 valence electrons. The zero-order chi connectivity index (χ0) is 45.7. The van der Waals surface area contributed by atoms with Gasteiger partial charge in [-0.05, 0) is 49.3 Å². The molecule has 6 amide bonds. The van der Waals surface area contributed by atoms with Gasteiger partial charge in [0, 0.05) is 42.9 Å². The second-order valence-electron chi connectivity index (χ2n) is 15.6. The molecule has 2 aromatic carbocycles. The van der Waals surface area contributed by atoms with Crippen molar-refractivity contribution in [3.8, 4) is 0 Å². The number of rotatable bonds is 22. The minimum atomic E-state index is -1.78. The Morgan fingerprint density at radius 3 is 2.00 bits per heavy atom. The summed E-state index contributed by atoms with van der Waals surface area (Å²) in [6.07, 6.45) is -0.658. The molecule has 0 aliphatic carbocycles. The van der Waals surface area contributed by atoms with Crippen molar-refractivity contribution in [1.82, 2.24) is 36.5 Å². The SMILES string of the molecule is CC(C)[C@H](NC(=O)[C@H](Cc1c[nH]c2ccccc12)NC(=O)[C@@H](NC(=O)[C@H](CCC(=O)O)NC(=O)[C@H](Cc1ccccc1)NC(=O)[C@@H]1CCCN1C(=O)[C@@H](N)CO)[C@@H](C)O)C(=O)O. The van der Waals surface area contributed by atoms with Crippen molar-refractivity contribution in [3.63, 3.8) is 0 Å². The van der Waals surface area contributed by atoms with Gasteiger partial charge in [0.1, 0.15) is 42.3 Å². The smallest absolute Gasteiger partial charge is 0.326 e. The number of carboxylic acids is 2. The van der Waals surface area contributed by atoms with Crippen molar-refractivity contribution in [2.24, 2.45) is 11.7 Å². The summed E-state index contributed by atoms with van der Waals surface area (Å²) in [5.74, 6) is -8.44. The Labute approximate surface area is 357 Å². The van der Waals surface area contributed by atoms with Gasteiger partial charge >= 0.3 is 11.9 Å². The molecule has 20 nitrogen and oxygen atoms in total. The Bertz CT molecular complexity index is 2080. The van der Waals surface area contributed by atoms with Gasteiger partial charge in [-0.2, -0.15) is 0 Å². The molecule has 0 unspecified atom stereocenters. The summed E-state index contributed by atoms with van der Waals surface area (Å²) >= 11 is 0. The number of likely N-dealkylation sites (tertiary alicyclic amines) is 1. The average Bonchev–Trinajstić information content (AvgIpc) is 3.90. The second kappa shape index (κ2) is 22.5. The minimum absolute atomic E-state index is 0.0966. The number of aliphatic carboxylic acids is 2. The standard InChI is InChI=1S/C42H56N8O12/c1-22(2)34(42(61)62)48-38(57)31(19-25-20-44-28-13-8-7-12-26(25)28)47-40(59)35(23(3)52)49-36(55)29(15-16-33(53)54)45-37(56)30(18-24-10-5-4-6-11-24)46-39(58)32-14-9-17-50(32)41(60)27(43)21-51/h4-8,10-13,20,22-23,27,29-32,34-35,44,51-52H,9,14-19,21,43H2,1-3H3,(H,45,56)(H,46,58)(H,47,59)(H,48,57)(H,49,55)(H,53,54)(H,61,62)/t23-,27+,29+,30+,31+,32+,34+,35+/m1/s1. The summed E-state index contributed by atoms with van der Waals surface area (Å²) in [5, 5.41) is 52.7. The number of carbonyl (C=O) groups excluding carboxylic acids is 6. The molecule has 12 N–H and O–H groups in total. The van der Waals surface area contributed by atoms with Gasteiger partial charge in [0.25, 0.3) is 0 Å². The van der Waals surface area contributed by atoms with Crippen LogP contribution in [0.1, 0.15) is 57.6 Å². The van der Waals surface area contributed by atoms with E-state index in [4.69, 9.17) is 5.73 Å². The molecule has 0 bridgehead atoms. The van der Waals surface area contributed by atoms with Crippen LogP contribution in [0.25, 0.3) is 10.9 Å². The van der Waals surface area contributed by atoms with Crippen molar-refractivity contribution in [2.45, 2.75) is 108 Å². The number of hydrogen-bond donors (Lipinski definition) is 11. The fourth-order valence-electron chi connectivity index (χ4n) is 7.15. The van der Waals surface area contributed by atoms with Crippen LogP contribution in [0.15, 0.2) is 60.8 Å². The molecule has 0 saturated carbocycles. The predicted octanol–water partition coefficient (Wildman–Crippen LogP) is -1.33. The van der Waals surface area contributed by atoms with Crippen LogP contribution in [0.5, 0.6) is 0 Å². The molecule has 1 aliphatic heterocycles. The number of nitrogens with zero attached hydrogens (tertiary/aromatic N) is 1. The van der Waals surface area contributed by atoms with E-state index < -0.39 is 121 Å². The molecule has 20 heteroatoms. The first-order valence-electron chi connectivity index (χ1n) is 20.3. The molecule has 0 spiro atoms. The summed E-state index contributed by atoms with van der Waals surface area (Å²) in [7, 11) is 0. The number of H-pyrrole nitrogens is 1. The third kappa shape index (κ3) is 13.1. The largest absolute Gasteiger partial charge is 0.481 e. The Kier molecular flexibility index (Phi) is 17.5. The van der Waals surface area contributed by atoms with E-state index in [2.05, 4.69) is 31.6 Å². The first kappa shape index (κ1) is 48.3. The molecule has 1 aliphatic rings. The molecule has 1 saturated heterocycles. The van der Waals surface area contributed by atoms with Crippen LogP contribution in [-0.2, 0) is 51.2 Å². The molecule has 1 aromatic heterocycles. The molecule has 4 rings (SSSR count). The number of amides is 6. The average molecular weight is 865 g/mol.